The van der Waals surface area contributed by atoms with Crippen LogP contribution in [0.3, 0.4) is 0 Å². The van der Waals surface area contributed by atoms with Gasteiger partial charge in [0.1, 0.15) is 0 Å². The lowest BCUT2D eigenvalue weighted by molar-refractivity contribution is -0.385. The van der Waals surface area contributed by atoms with Crippen LogP contribution in [-0.2, 0) is 6.54 Å². The number of rotatable bonds is 6. The van der Waals surface area contributed by atoms with Gasteiger partial charge in [0, 0.05) is 29.2 Å². The van der Waals surface area contributed by atoms with Gasteiger partial charge in [0.2, 0.25) is 0 Å². The lowest BCUT2D eigenvalue weighted by atomic mass is 9.83. The molecular weight excluding hydrogens is 288 g/mol. The predicted octanol–water partition coefficient (Wildman–Crippen LogP) is 4.70. The Balaban J connectivity index is 1.89. The first kappa shape index (κ1) is 16.2. The maximum Gasteiger partial charge on any atom is 0.273 e. The summed E-state index contributed by atoms with van der Waals surface area (Å²) in [4.78, 5) is 10.7. The van der Waals surface area contributed by atoms with Crippen LogP contribution in [0, 0.1) is 16.0 Å². The third-order valence-electron chi connectivity index (χ3n) is 4.36. The molecule has 1 aliphatic carbocycles. The fraction of sp³-hybridized carbons (Fsp3) is 0.625. The molecule has 116 valence electrons. The van der Waals surface area contributed by atoms with Gasteiger partial charge in [-0.3, -0.25) is 10.1 Å². The molecule has 0 radical (unpaired) electrons. The van der Waals surface area contributed by atoms with Crippen LogP contribution < -0.4 is 5.32 Å². The van der Waals surface area contributed by atoms with Crippen LogP contribution >= 0.6 is 11.6 Å². The van der Waals surface area contributed by atoms with Crippen LogP contribution in [0.2, 0.25) is 5.02 Å². The summed E-state index contributed by atoms with van der Waals surface area (Å²) < 4.78 is 0. The number of nitrogens with zero attached hydrogens (tertiary/aromatic N) is 1. The van der Waals surface area contributed by atoms with E-state index in [1.54, 1.807) is 12.1 Å². The molecule has 4 nitrogen and oxygen atoms in total. The van der Waals surface area contributed by atoms with Crippen molar-refractivity contribution in [2.24, 2.45) is 5.92 Å². The van der Waals surface area contributed by atoms with Crippen LogP contribution in [0.1, 0.15) is 51.0 Å². The molecule has 21 heavy (non-hydrogen) atoms. The van der Waals surface area contributed by atoms with Gasteiger partial charge in [-0.25, -0.2) is 0 Å². The molecule has 0 heterocycles. The zero-order valence-corrected chi connectivity index (χ0v) is 13.2. The van der Waals surface area contributed by atoms with E-state index in [1.165, 1.54) is 44.6 Å². The van der Waals surface area contributed by atoms with Crippen molar-refractivity contribution in [1.29, 1.82) is 0 Å². The van der Waals surface area contributed by atoms with Crippen LogP contribution in [0.25, 0.3) is 0 Å². The van der Waals surface area contributed by atoms with Gasteiger partial charge < -0.3 is 5.32 Å². The van der Waals surface area contributed by atoms with Gasteiger partial charge in [-0.2, -0.15) is 0 Å². The van der Waals surface area contributed by atoms with Crippen molar-refractivity contribution in [2.75, 3.05) is 0 Å². The molecule has 1 saturated carbocycles. The van der Waals surface area contributed by atoms with E-state index in [2.05, 4.69) is 12.2 Å². The molecule has 0 aromatic heterocycles. The lowest BCUT2D eigenvalue weighted by Gasteiger charge is -2.29. The van der Waals surface area contributed by atoms with E-state index >= 15 is 0 Å². The Morgan fingerprint density at radius 2 is 2.05 bits per heavy atom. The molecule has 0 atom stereocenters. The summed E-state index contributed by atoms with van der Waals surface area (Å²) in [5.41, 5.74) is 0.815. The fourth-order valence-electron chi connectivity index (χ4n) is 3.19. The molecule has 0 saturated heterocycles. The van der Waals surface area contributed by atoms with Gasteiger partial charge in [0.05, 0.1) is 4.92 Å². The lowest BCUT2D eigenvalue weighted by Crippen LogP contribution is -2.32. The minimum Gasteiger partial charge on any atom is -0.310 e. The number of halogens is 1. The van der Waals surface area contributed by atoms with Gasteiger partial charge in [0.15, 0.2) is 0 Å². The predicted molar refractivity (Wildman–Crippen MR) is 85.6 cm³/mol. The second-order valence-corrected chi connectivity index (χ2v) is 6.35. The second-order valence-electron chi connectivity index (χ2n) is 5.92. The Morgan fingerprint density at radius 1 is 1.33 bits per heavy atom. The van der Waals surface area contributed by atoms with Crippen LogP contribution in [-0.4, -0.2) is 11.0 Å². The Bertz CT molecular complexity index is 485. The van der Waals surface area contributed by atoms with Gasteiger partial charge in [0.25, 0.3) is 5.69 Å². The first-order valence-electron chi connectivity index (χ1n) is 7.76. The largest absolute Gasteiger partial charge is 0.310 e. The first-order valence-corrected chi connectivity index (χ1v) is 8.14. The van der Waals surface area contributed by atoms with Crippen LogP contribution in [0.15, 0.2) is 18.2 Å². The van der Waals surface area contributed by atoms with Crippen LogP contribution in [0.5, 0.6) is 0 Å². The van der Waals surface area contributed by atoms with Crippen molar-refractivity contribution in [3.63, 3.8) is 0 Å². The second kappa shape index (κ2) is 7.76. The minimum absolute atomic E-state index is 0.145. The monoisotopic (exact) mass is 310 g/mol. The van der Waals surface area contributed by atoms with Crippen molar-refractivity contribution in [3.8, 4) is 0 Å². The minimum atomic E-state index is -0.342. The molecule has 1 N–H and O–H groups in total. The zero-order valence-electron chi connectivity index (χ0n) is 12.5. The number of hydrogen-bond acceptors (Lipinski definition) is 3. The number of nitrogens with one attached hydrogen (secondary N) is 1. The molecule has 0 spiro atoms. The van der Waals surface area contributed by atoms with E-state index in [0.29, 0.717) is 23.2 Å². The van der Waals surface area contributed by atoms with Crippen molar-refractivity contribution < 1.29 is 4.92 Å². The maximum atomic E-state index is 11.0. The maximum absolute atomic E-state index is 11.0. The highest BCUT2D eigenvalue weighted by atomic mass is 35.5. The summed E-state index contributed by atoms with van der Waals surface area (Å²) in [6, 6.07) is 5.21. The highest BCUT2D eigenvalue weighted by Crippen LogP contribution is 2.28. The summed E-state index contributed by atoms with van der Waals surface area (Å²) in [7, 11) is 0. The summed E-state index contributed by atoms with van der Waals surface area (Å²) in [6.07, 6.45) is 7.45. The Labute approximate surface area is 131 Å². The first-order chi connectivity index (χ1) is 10.1. The number of nitro groups is 1. The van der Waals surface area contributed by atoms with Gasteiger partial charge in [-0.1, -0.05) is 31.4 Å². The molecule has 0 amide bonds. The quantitative estimate of drug-likeness (QED) is 0.612. The number of benzene rings is 1. The molecular formula is C16H23ClN2O2. The molecule has 0 bridgehead atoms. The third-order valence-corrected chi connectivity index (χ3v) is 4.60. The number of nitro benzene ring substituents is 1. The average molecular weight is 311 g/mol. The summed E-state index contributed by atoms with van der Waals surface area (Å²) >= 11 is 5.95. The average Bonchev–Trinajstić information content (AvgIpc) is 2.46. The SMILES string of the molecule is CCCC1CCC(NCc2cc(Cl)ccc2[N+](=O)[O-])CC1. The molecule has 1 aromatic carbocycles. The van der Waals surface area contributed by atoms with Crippen molar-refractivity contribution >= 4 is 17.3 Å². The number of hydrogen-bond donors (Lipinski definition) is 1. The van der Waals surface area contributed by atoms with Crippen LogP contribution in [0.4, 0.5) is 5.69 Å². The topological polar surface area (TPSA) is 55.2 Å². The highest BCUT2D eigenvalue weighted by Gasteiger charge is 2.21. The van der Waals surface area contributed by atoms with Gasteiger partial charge >= 0.3 is 0 Å². The smallest absolute Gasteiger partial charge is 0.273 e. The highest BCUT2D eigenvalue weighted by molar-refractivity contribution is 6.30. The van der Waals surface area contributed by atoms with E-state index in [4.69, 9.17) is 11.6 Å². The van der Waals surface area contributed by atoms with E-state index in [1.807, 2.05) is 0 Å². The normalized spacial score (nSPS) is 22.2. The van der Waals surface area contributed by atoms with Crippen molar-refractivity contribution in [2.45, 2.75) is 58.0 Å². The standard InChI is InChI=1S/C16H23ClN2O2/c1-2-3-12-4-7-15(8-5-12)18-11-13-10-14(17)6-9-16(13)19(20)21/h6,9-10,12,15,18H,2-5,7-8,11H2,1H3. The van der Waals surface area contributed by atoms with Crippen molar-refractivity contribution in [1.82, 2.24) is 5.32 Å². The molecule has 2 rings (SSSR count). The third kappa shape index (κ3) is 4.68. The molecule has 1 fully saturated rings. The summed E-state index contributed by atoms with van der Waals surface area (Å²) in [5, 5.41) is 15.0. The molecule has 1 aliphatic rings. The van der Waals surface area contributed by atoms with E-state index in [-0.39, 0.29) is 10.6 Å². The Hall–Kier alpha value is -1.13. The fourth-order valence-corrected chi connectivity index (χ4v) is 3.39. The van der Waals surface area contributed by atoms with Gasteiger partial charge in [-0.15, -0.1) is 0 Å². The van der Waals surface area contributed by atoms with Gasteiger partial charge in [-0.05, 0) is 43.7 Å². The van der Waals surface area contributed by atoms with Crippen molar-refractivity contribution in [3.05, 3.63) is 38.9 Å². The molecule has 0 unspecified atom stereocenters. The summed E-state index contributed by atoms with van der Waals surface area (Å²) in [5.74, 6) is 0.869. The molecule has 5 heteroatoms. The summed E-state index contributed by atoms with van der Waals surface area (Å²) in [6.45, 7) is 2.75. The Morgan fingerprint density at radius 3 is 2.67 bits per heavy atom. The van der Waals surface area contributed by atoms with E-state index in [0.717, 1.165) is 5.92 Å². The molecule has 0 aliphatic heterocycles. The zero-order chi connectivity index (χ0) is 15.2. The van der Waals surface area contributed by atoms with E-state index < -0.39 is 0 Å². The molecule has 1 aromatic rings. The Kier molecular flexibility index (Phi) is 6.00. The van der Waals surface area contributed by atoms with E-state index in [9.17, 15) is 10.1 Å².